The van der Waals surface area contributed by atoms with Crippen molar-refractivity contribution in [2.45, 2.75) is 31.2 Å². The maximum Gasteiger partial charge on any atom is 0.324 e. The van der Waals surface area contributed by atoms with Crippen molar-refractivity contribution in [1.82, 2.24) is 4.90 Å². The number of likely N-dealkylation sites (N-methyl/N-ethyl adjacent to an activating group) is 1. The van der Waals surface area contributed by atoms with Crippen molar-refractivity contribution >= 4 is 5.97 Å². The number of carboxylic acids is 1. The van der Waals surface area contributed by atoms with E-state index in [4.69, 9.17) is 5.11 Å². The molecule has 3 nitrogen and oxygen atoms in total. The van der Waals surface area contributed by atoms with E-state index in [1.165, 1.54) is 0 Å². The minimum Gasteiger partial charge on any atom is -0.480 e. The lowest BCUT2D eigenvalue weighted by Gasteiger charge is -2.31. The monoisotopic (exact) mass is 157 g/mol. The maximum atomic E-state index is 10.9. The fourth-order valence-electron chi connectivity index (χ4n) is 1.81. The van der Waals surface area contributed by atoms with Gasteiger partial charge in [0.25, 0.3) is 0 Å². The molecule has 1 fully saturated rings. The van der Waals surface area contributed by atoms with Gasteiger partial charge in [0.1, 0.15) is 5.54 Å². The second kappa shape index (κ2) is 2.81. The van der Waals surface area contributed by atoms with Crippen LogP contribution in [0.3, 0.4) is 0 Å². The molecule has 0 aromatic carbocycles. The summed E-state index contributed by atoms with van der Waals surface area (Å²) in [4.78, 5) is 12.8. The van der Waals surface area contributed by atoms with Crippen molar-refractivity contribution in [2.24, 2.45) is 0 Å². The fourth-order valence-corrected chi connectivity index (χ4v) is 1.81. The van der Waals surface area contributed by atoms with E-state index < -0.39 is 11.5 Å². The first kappa shape index (κ1) is 8.53. The van der Waals surface area contributed by atoms with Crippen LogP contribution < -0.4 is 0 Å². The zero-order valence-corrected chi connectivity index (χ0v) is 7.13. The quantitative estimate of drug-likeness (QED) is 0.648. The summed E-state index contributed by atoms with van der Waals surface area (Å²) in [6.45, 7) is 0. The van der Waals surface area contributed by atoms with Gasteiger partial charge >= 0.3 is 5.97 Å². The van der Waals surface area contributed by atoms with Crippen molar-refractivity contribution in [2.75, 3.05) is 14.1 Å². The highest BCUT2D eigenvalue weighted by Gasteiger charge is 2.43. The molecule has 0 radical (unpaired) electrons. The number of hydrogen-bond acceptors (Lipinski definition) is 2. The van der Waals surface area contributed by atoms with Gasteiger partial charge in [0, 0.05) is 0 Å². The van der Waals surface area contributed by atoms with E-state index >= 15 is 0 Å². The number of aliphatic carboxylic acids is 1. The summed E-state index contributed by atoms with van der Waals surface area (Å²) in [5, 5.41) is 8.99. The third-order valence-electron chi connectivity index (χ3n) is 2.68. The number of carboxylic acid groups (broad SMARTS) is 1. The van der Waals surface area contributed by atoms with Crippen molar-refractivity contribution < 1.29 is 9.90 Å². The Labute approximate surface area is 67.0 Å². The van der Waals surface area contributed by atoms with Crippen LogP contribution in [0.25, 0.3) is 0 Å². The Kier molecular flexibility index (Phi) is 2.18. The molecule has 0 saturated heterocycles. The van der Waals surface area contributed by atoms with Crippen LogP contribution in [0.1, 0.15) is 25.7 Å². The van der Waals surface area contributed by atoms with E-state index in [2.05, 4.69) is 0 Å². The van der Waals surface area contributed by atoms with E-state index in [1.54, 1.807) is 0 Å². The van der Waals surface area contributed by atoms with Crippen LogP contribution in [-0.2, 0) is 4.79 Å². The molecule has 0 aromatic heterocycles. The summed E-state index contributed by atoms with van der Waals surface area (Å²) in [6.07, 6.45) is 3.69. The van der Waals surface area contributed by atoms with Gasteiger partial charge < -0.3 is 5.11 Å². The highest BCUT2D eigenvalue weighted by Crippen LogP contribution is 2.33. The largest absolute Gasteiger partial charge is 0.480 e. The standard InChI is InChI=1S/C8H15NO2/c1-9(2)8(7(10)11)5-3-4-6-8/h3-6H2,1-2H3,(H,10,11). The Bertz CT molecular complexity index is 159. The molecule has 3 heteroatoms. The summed E-state index contributed by atoms with van der Waals surface area (Å²) < 4.78 is 0. The van der Waals surface area contributed by atoms with Gasteiger partial charge in [-0.2, -0.15) is 0 Å². The molecule has 0 bridgehead atoms. The Balaban J connectivity index is 2.79. The molecule has 1 aliphatic carbocycles. The Morgan fingerprint density at radius 3 is 2.00 bits per heavy atom. The minimum atomic E-state index is -0.667. The van der Waals surface area contributed by atoms with E-state index in [1.807, 2.05) is 19.0 Å². The highest BCUT2D eigenvalue weighted by molar-refractivity contribution is 5.79. The second-order valence-corrected chi connectivity index (χ2v) is 3.44. The van der Waals surface area contributed by atoms with Crippen LogP contribution in [0, 0.1) is 0 Å². The van der Waals surface area contributed by atoms with E-state index in [0.717, 1.165) is 25.7 Å². The van der Waals surface area contributed by atoms with Gasteiger partial charge in [0.05, 0.1) is 0 Å². The number of hydrogen-bond donors (Lipinski definition) is 1. The molecule has 0 aliphatic heterocycles. The summed E-state index contributed by atoms with van der Waals surface area (Å²) in [7, 11) is 3.69. The first-order valence-corrected chi connectivity index (χ1v) is 4.00. The van der Waals surface area contributed by atoms with Crippen LogP contribution in [-0.4, -0.2) is 35.6 Å². The van der Waals surface area contributed by atoms with Crippen LogP contribution in [0.4, 0.5) is 0 Å². The van der Waals surface area contributed by atoms with Gasteiger partial charge in [-0.15, -0.1) is 0 Å². The first-order chi connectivity index (χ1) is 5.09. The van der Waals surface area contributed by atoms with Crippen LogP contribution in [0.5, 0.6) is 0 Å². The molecule has 0 spiro atoms. The van der Waals surface area contributed by atoms with Crippen molar-refractivity contribution in [3.63, 3.8) is 0 Å². The average molecular weight is 157 g/mol. The Morgan fingerprint density at radius 2 is 1.82 bits per heavy atom. The highest BCUT2D eigenvalue weighted by atomic mass is 16.4. The van der Waals surface area contributed by atoms with E-state index in [9.17, 15) is 4.79 Å². The topological polar surface area (TPSA) is 40.5 Å². The first-order valence-electron chi connectivity index (χ1n) is 4.00. The number of nitrogens with zero attached hydrogens (tertiary/aromatic N) is 1. The molecular formula is C8H15NO2. The number of rotatable bonds is 2. The zero-order chi connectivity index (χ0) is 8.48. The number of carbonyl (C=O) groups is 1. The molecule has 1 N–H and O–H groups in total. The summed E-state index contributed by atoms with van der Waals surface area (Å²) in [5.41, 5.74) is -0.556. The van der Waals surface area contributed by atoms with Gasteiger partial charge in [0.15, 0.2) is 0 Å². The third-order valence-corrected chi connectivity index (χ3v) is 2.68. The van der Waals surface area contributed by atoms with Crippen LogP contribution >= 0.6 is 0 Å². The zero-order valence-electron chi connectivity index (χ0n) is 7.13. The van der Waals surface area contributed by atoms with Crippen molar-refractivity contribution in [1.29, 1.82) is 0 Å². The van der Waals surface area contributed by atoms with E-state index in [-0.39, 0.29) is 0 Å². The lowest BCUT2D eigenvalue weighted by molar-refractivity contribution is -0.149. The Hall–Kier alpha value is -0.570. The second-order valence-electron chi connectivity index (χ2n) is 3.44. The molecule has 0 atom stereocenters. The molecule has 0 unspecified atom stereocenters. The minimum absolute atomic E-state index is 0.556. The third kappa shape index (κ3) is 1.25. The smallest absolute Gasteiger partial charge is 0.324 e. The molecule has 0 heterocycles. The normalized spacial score (nSPS) is 22.5. The van der Waals surface area contributed by atoms with Gasteiger partial charge in [-0.25, -0.2) is 0 Å². The van der Waals surface area contributed by atoms with Crippen LogP contribution in [0.15, 0.2) is 0 Å². The summed E-state index contributed by atoms with van der Waals surface area (Å²) in [6, 6.07) is 0. The maximum absolute atomic E-state index is 10.9. The lowest BCUT2D eigenvalue weighted by Crippen LogP contribution is -2.48. The predicted octanol–water partition coefficient (Wildman–Crippen LogP) is 0.945. The van der Waals surface area contributed by atoms with Gasteiger partial charge in [0.2, 0.25) is 0 Å². The van der Waals surface area contributed by atoms with Gasteiger partial charge in [-0.3, -0.25) is 9.69 Å². The molecule has 0 amide bonds. The lowest BCUT2D eigenvalue weighted by atomic mass is 9.97. The fraction of sp³-hybridized carbons (Fsp3) is 0.875. The molecule has 11 heavy (non-hydrogen) atoms. The van der Waals surface area contributed by atoms with Crippen molar-refractivity contribution in [3.8, 4) is 0 Å². The molecular weight excluding hydrogens is 142 g/mol. The SMILES string of the molecule is CN(C)C1(C(=O)O)CCCC1. The summed E-state index contributed by atoms with van der Waals surface area (Å²) >= 11 is 0. The molecule has 1 aliphatic rings. The average Bonchev–Trinajstić information content (AvgIpc) is 2.34. The van der Waals surface area contributed by atoms with Gasteiger partial charge in [-0.05, 0) is 26.9 Å². The molecule has 1 saturated carbocycles. The van der Waals surface area contributed by atoms with E-state index in [0.29, 0.717) is 0 Å². The van der Waals surface area contributed by atoms with Crippen LogP contribution in [0.2, 0.25) is 0 Å². The predicted molar refractivity (Wildman–Crippen MR) is 42.5 cm³/mol. The Morgan fingerprint density at radius 1 is 1.36 bits per heavy atom. The molecule has 0 aromatic rings. The van der Waals surface area contributed by atoms with Gasteiger partial charge in [-0.1, -0.05) is 12.8 Å². The van der Waals surface area contributed by atoms with Crippen molar-refractivity contribution in [3.05, 3.63) is 0 Å². The summed E-state index contributed by atoms with van der Waals surface area (Å²) in [5.74, 6) is -0.667. The molecule has 1 rings (SSSR count). The molecule has 64 valence electrons.